The average Bonchev–Trinajstić information content (AvgIpc) is 3.00. The summed E-state index contributed by atoms with van der Waals surface area (Å²) < 4.78 is 1.89. The van der Waals surface area contributed by atoms with Crippen LogP contribution in [0.1, 0.15) is 30.3 Å². The summed E-state index contributed by atoms with van der Waals surface area (Å²) in [5, 5.41) is 21.3. The topological polar surface area (TPSA) is 74.5 Å². The zero-order valence-corrected chi connectivity index (χ0v) is 14.8. The van der Waals surface area contributed by atoms with Crippen LogP contribution in [0.15, 0.2) is 4.99 Å². The molecule has 1 atom stereocenters. The van der Waals surface area contributed by atoms with Crippen LogP contribution in [0.3, 0.4) is 0 Å². The van der Waals surface area contributed by atoms with Crippen LogP contribution in [0.4, 0.5) is 0 Å². The Bertz CT molecular complexity index is 534. The number of aliphatic imine (C=N–C) groups is 1. The normalized spacial score (nSPS) is 22.1. The van der Waals surface area contributed by atoms with Crippen molar-refractivity contribution in [3.8, 4) is 0 Å². The predicted octanol–water partition coefficient (Wildman–Crippen LogP) is 0.960. The van der Waals surface area contributed by atoms with Crippen LogP contribution in [-0.4, -0.2) is 51.0 Å². The summed E-state index contributed by atoms with van der Waals surface area (Å²) in [5.41, 5.74) is 2.71. The van der Waals surface area contributed by atoms with Crippen molar-refractivity contribution in [2.75, 3.05) is 24.6 Å². The minimum absolute atomic E-state index is 0.539. The fourth-order valence-corrected chi connectivity index (χ4v) is 3.83. The molecule has 124 valence electrons. The van der Waals surface area contributed by atoms with E-state index >= 15 is 0 Å². The van der Waals surface area contributed by atoms with E-state index in [1.807, 2.05) is 25.6 Å². The molecule has 1 fully saturated rings. The highest BCUT2D eigenvalue weighted by Crippen LogP contribution is 2.26. The third-order valence-electron chi connectivity index (χ3n) is 4.07. The third kappa shape index (κ3) is 4.16. The van der Waals surface area contributed by atoms with Gasteiger partial charge in [0.15, 0.2) is 5.96 Å². The molecular weight excluding hydrogens is 298 g/mol. The van der Waals surface area contributed by atoms with Gasteiger partial charge in [0.25, 0.3) is 0 Å². The maximum absolute atomic E-state index is 10.4. The molecule has 1 aromatic rings. The second-order valence-electron chi connectivity index (χ2n) is 5.85. The van der Waals surface area contributed by atoms with Gasteiger partial charge in [-0.3, -0.25) is 4.68 Å². The largest absolute Gasteiger partial charge is 0.387 e. The number of nitrogens with one attached hydrogen (secondary N) is 2. The van der Waals surface area contributed by atoms with E-state index in [1.54, 1.807) is 11.8 Å². The Morgan fingerprint density at radius 3 is 2.77 bits per heavy atom. The van der Waals surface area contributed by atoms with E-state index in [2.05, 4.69) is 27.6 Å². The highest BCUT2D eigenvalue weighted by atomic mass is 32.2. The lowest BCUT2D eigenvalue weighted by molar-refractivity contribution is 0.0724. The van der Waals surface area contributed by atoms with Crippen LogP contribution in [0.25, 0.3) is 0 Å². The molecule has 0 saturated carbocycles. The molecule has 1 aromatic heterocycles. The zero-order chi connectivity index (χ0) is 16.2. The minimum atomic E-state index is -0.610. The number of nitrogens with zero attached hydrogens (tertiary/aromatic N) is 3. The Kier molecular flexibility index (Phi) is 5.74. The first-order chi connectivity index (χ1) is 10.4. The lowest BCUT2D eigenvalue weighted by Crippen LogP contribution is -2.47. The lowest BCUT2D eigenvalue weighted by Gasteiger charge is -2.23. The van der Waals surface area contributed by atoms with Gasteiger partial charge in [0.2, 0.25) is 0 Å². The standard InChI is InChI=1S/C15H27N5OS/c1-5-16-14(18-9-15(21)6-7-22-10-15)17-8-13-11(2)19-20(4)12(13)3/h21H,5-10H2,1-4H3,(H2,16,17,18). The summed E-state index contributed by atoms with van der Waals surface area (Å²) >= 11 is 1.80. The molecule has 7 heteroatoms. The van der Waals surface area contributed by atoms with Gasteiger partial charge in [-0.15, -0.1) is 0 Å². The van der Waals surface area contributed by atoms with Crippen molar-refractivity contribution in [3.63, 3.8) is 0 Å². The van der Waals surface area contributed by atoms with E-state index in [-0.39, 0.29) is 0 Å². The first kappa shape index (κ1) is 17.1. The Morgan fingerprint density at radius 2 is 2.23 bits per heavy atom. The Hall–Kier alpha value is -1.21. The van der Waals surface area contributed by atoms with Gasteiger partial charge in [-0.25, -0.2) is 4.99 Å². The fraction of sp³-hybridized carbons (Fsp3) is 0.733. The van der Waals surface area contributed by atoms with Crippen molar-refractivity contribution < 1.29 is 5.11 Å². The first-order valence-electron chi connectivity index (χ1n) is 7.76. The molecule has 2 heterocycles. The molecule has 3 N–H and O–H groups in total. The lowest BCUT2D eigenvalue weighted by atomic mass is 10.0. The first-order valence-corrected chi connectivity index (χ1v) is 8.92. The van der Waals surface area contributed by atoms with E-state index in [1.165, 1.54) is 0 Å². The molecule has 0 spiro atoms. The van der Waals surface area contributed by atoms with Gasteiger partial charge in [0, 0.05) is 37.1 Å². The Labute approximate surface area is 136 Å². The van der Waals surface area contributed by atoms with Gasteiger partial charge in [-0.2, -0.15) is 16.9 Å². The summed E-state index contributed by atoms with van der Waals surface area (Å²) in [6.07, 6.45) is 0.838. The number of thioether (sulfide) groups is 1. The van der Waals surface area contributed by atoms with E-state index in [9.17, 15) is 5.11 Å². The minimum Gasteiger partial charge on any atom is -0.387 e. The summed E-state index contributed by atoms with van der Waals surface area (Å²) in [6.45, 7) is 8.03. The van der Waals surface area contributed by atoms with Crippen molar-refractivity contribution in [1.29, 1.82) is 0 Å². The fourth-order valence-electron chi connectivity index (χ4n) is 2.53. The van der Waals surface area contributed by atoms with Crippen LogP contribution in [0, 0.1) is 13.8 Å². The molecule has 0 aromatic carbocycles. The molecule has 6 nitrogen and oxygen atoms in total. The van der Waals surface area contributed by atoms with Crippen LogP contribution in [0.2, 0.25) is 0 Å². The van der Waals surface area contributed by atoms with Crippen LogP contribution < -0.4 is 10.6 Å². The molecule has 0 radical (unpaired) electrons. The molecule has 2 rings (SSSR count). The number of hydrogen-bond acceptors (Lipinski definition) is 4. The molecule has 1 unspecified atom stereocenters. The number of aryl methyl sites for hydroxylation is 2. The summed E-state index contributed by atoms with van der Waals surface area (Å²) in [7, 11) is 1.95. The molecule has 0 bridgehead atoms. The highest BCUT2D eigenvalue weighted by molar-refractivity contribution is 7.99. The zero-order valence-electron chi connectivity index (χ0n) is 13.9. The van der Waals surface area contributed by atoms with Gasteiger partial charge in [-0.1, -0.05) is 0 Å². The van der Waals surface area contributed by atoms with E-state index in [4.69, 9.17) is 0 Å². The third-order valence-corrected chi connectivity index (χ3v) is 5.30. The molecule has 1 aliphatic heterocycles. The number of aromatic nitrogens is 2. The van der Waals surface area contributed by atoms with E-state index in [0.717, 1.165) is 47.4 Å². The SMILES string of the molecule is CCNC(=NCc1c(C)nn(C)c1C)NCC1(O)CCSC1. The molecule has 1 saturated heterocycles. The maximum atomic E-state index is 10.4. The molecular formula is C15H27N5OS. The quantitative estimate of drug-likeness (QED) is 0.555. The van der Waals surface area contributed by atoms with Crippen molar-refractivity contribution in [2.24, 2.45) is 12.0 Å². The Morgan fingerprint density at radius 1 is 1.45 bits per heavy atom. The number of aliphatic hydroxyl groups is 1. The number of rotatable bonds is 5. The summed E-state index contributed by atoms with van der Waals surface area (Å²) in [5.74, 6) is 2.57. The molecule has 0 aliphatic carbocycles. The smallest absolute Gasteiger partial charge is 0.191 e. The Balaban J connectivity index is 2.00. The van der Waals surface area contributed by atoms with Gasteiger partial charge in [-0.05, 0) is 32.9 Å². The second kappa shape index (κ2) is 7.37. The molecule has 0 amide bonds. The van der Waals surface area contributed by atoms with Crippen molar-refractivity contribution in [1.82, 2.24) is 20.4 Å². The second-order valence-corrected chi connectivity index (χ2v) is 6.95. The van der Waals surface area contributed by atoms with Gasteiger partial charge >= 0.3 is 0 Å². The average molecular weight is 325 g/mol. The van der Waals surface area contributed by atoms with E-state index in [0.29, 0.717) is 13.1 Å². The highest BCUT2D eigenvalue weighted by Gasteiger charge is 2.31. The van der Waals surface area contributed by atoms with Crippen molar-refractivity contribution in [2.45, 2.75) is 39.3 Å². The van der Waals surface area contributed by atoms with Gasteiger partial charge in [0.1, 0.15) is 0 Å². The van der Waals surface area contributed by atoms with Gasteiger partial charge < -0.3 is 15.7 Å². The molecule has 22 heavy (non-hydrogen) atoms. The van der Waals surface area contributed by atoms with Crippen molar-refractivity contribution in [3.05, 3.63) is 17.0 Å². The predicted molar refractivity (Wildman–Crippen MR) is 92.4 cm³/mol. The van der Waals surface area contributed by atoms with Crippen LogP contribution in [-0.2, 0) is 13.6 Å². The monoisotopic (exact) mass is 325 g/mol. The molecule has 1 aliphatic rings. The maximum Gasteiger partial charge on any atom is 0.191 e. The van der Waals surface area contributed by atoms with Gasteiger partial charge in [0.05, 0.1) is 17.8 Å². The summed E-state index contributed by atoms with van der Waals surface area (Å²) in [4.78, 5) is 4.63. The number of hydrogen-bond donors (Lipinski definition) is 3. The summed E-state index contributed by atoms with van der Waals surface area (Å²) in [6, 6.07) is 0. The van der Waals surface area contributed by atoms with E-state index < -0.39 is 5.60 Å². The van der Waals surface area contributed by atoms with Crippen molar-refractivity contribution >= 4 is 17.7 Å². The van der Waals surface area contributed by atoms with Crippen LogP contribution >= 0.6 is 11.8 Å². The number of guanidine groups is 1. The van der Waals surface area contributed by atoms with Crippen LogP contribution in [0.5, 0.6) is 0 Å².